The van der Waals surface area contributed by atoms with Gasteiger partial charge in [-0.3, -0.25) is 4.79 Å². The van der Waals surface area contributed by atoms with Crippen LogP contribution in [0.2, 0.25) is 0 Å². The van der Waals surface area contributed by atoms with Crippen molar-refractivity contribution in [3.05, 3.63) is 54.1 Å². The normalized spacial score (nSPS) is 10.5. The molecule has 0 saturated heterocycles. The molecule has 110 valence electrons. The van der Waals surface area contributed by atoms with Crippen LogP contribution in [-0.4, -0.2) is 18.3 Å². The maximum absolute atomic E-state index is 12.3. The average molecular weight is 301 g/mol. The van der Waals surface area contributed by atoms with E-state index in [9.17, 15) is 4.79 Å². The van der Waals surface area contributed by atoms with E-state index in [4.69, 9.17) is 4.74 Å². The van der Waals surface area contributed by atoms with E-state index in [1.165, 1.54) is 0 Å². The Kier molecular flexibility index (Phi) is 5.28. The smallest absolute Gasteiger partial charge is 0.256 e. The Balaban J connectivity index is 2.09. The van der Waals surface area contributed by atoms with Crippen molar-refractivity contribution in [1.82, 2.24) is 0 Å². The van der Waals surface area contributed by atoms with Crippen molar-refractivity contribution < 1.29 is 9.53 Å². The molecule has 0 atom stereocenters. The molecular formula is C17H19NO2S. The quantitative estimate of drug-likeness (QED) is 0.829. The Morgan fingerprint density at radius 3 is 2.38 bits per heavy atom. The topological polar surface area (TPSA) is 38.3 Å². The number of carbonyl (C=O) groups excluding carboxylic acids is 1. The molecule has 21 heavy (non-hydrogen) atoms. The van der Waals surface area contributed by atoms with Crippen LogP contribution in [0.1, 0.15) is 24.2 Å². The van der Waals surface area contributed by atoms with Crippen LogP contribution in [0.4, 0.5) is 5.69 Å². The minimum Gasteiger partial charge on any atom is -0.491 e. The minimum absolute atomic E-state index is 0.0996. The van der Waals surface area contributed by atoms with E-state index in [1.807, 2.05) is 68.6 Å². The lowest BCUT2D eigenvalue weighted by Gasteiger charge is -2.11. The number of anilines is 1. The third kappa shape index (κ3) is 4.26. The Morgan fingerprint density at radius 2 is 1.76 bits per heavy atom. The zero-order chi connectivity index (χ0) is 15.2. The molecule has 0 bridgehead atoms. The summed E-state index contributed by atoms with van der Waals surface area (Å²) in [6, 6.07) is 15.0. The van der Waals surface area contributed by atoms with Crippen LogP contribution < -0.4 is 10.1 Å². The van der Waals surface area contributed by atoms with E-state index >= 15 is 0 Å². The molecule has 2 aromatic carbocycles. The summed E-state index contributed by atoms with van der Waals surface area (Å²) in [7, 11) is 0. The van der Waals surface area contributed by atoms with Crippen molar-refractivity contribution >= 4 is 23.4 Å². The maximum Gasteiger partial charge on any atom is 0.256 e. The van der Waals surface area contributed by atoms with E-state index in [0.717, 1.165) is 16.3 Å². The number of thioether (sulfide) groups is 1. The number of hydrogen-bond donors (Lipinski definition) is 1. The fourth-order valence-corrected chi connectivity index (χ4v) is 2.51. The molecule has 0 radical (unpaired) electrons. The number of nitrogens with one attached hydrogen (secondary N) is 1. The van der Waals surface area contributed by atoms with E-state index < -0.39 is 0 Å². The molecule has 0 saturated carbocycles. The molecule has 3 nitrogen and oxygen atoms in total. The molecule has 0 aliphatic heterocycles. The summed E-state index contributed by atoms with van der Waals surface area (Å²) in [6.45, 7) is 3.96. The zero-order valence-electron chi connectivity index (χ0n) is 12.4. The number of benzene rings is 2. The molecule has 2 aromatic rings. The summed E-state index contributed by atoms with van der Waals surface area (Å²) in [5.74, 6) is 0.699. The van der Waals surface area contributed by atoms with Crippen molar-refractivity contribution in [2.75, 3.05) is 11.6 Å². The van der Waals surface area contributed by atoms with Gasteiger partial charge in [0.25, 0.3) is 5.91 Å². The first-order valence-electron chi connectivity index (χ1n) is 6.81. The van der Waals surface area contributed by atoms with Gasteiger partial charge < -0.3 is 10.1 Å². The molecule has 2 rings (SSSR count). The first kappa shape index (κ1) is 15.4. The zero-order valence-corrected chi connectivity index (χ0v) is 13.2. The van der Waals surface area contributed by atoms with Crippen molar-refractivity contribution in [2.45, 2.75) is 24.8 Å². The summed E-state index contributed by atoms with van der Waals surface area (Å²) in [5.41, 5.74) is 1.44. The van der Waals surface area contributed by atoms with Gasteiger partial charge in [0.2, 0.25) is 0 Å². The van der Waals surface area contributed by atoms with E-state index in [0.29, 0.717) is 5.56 Å². The van der Waals surface area contributed by atoms with Gasteiger partial charge in [-0.25, -0.2) is 0 Å². The number of rotatable bonds is 5. The lowest BCUT2D eigenvalue weighted by atomic mass is 10.2. The van der Waals surface area contributed by atoms with Crippen LogP contribution in [0, 0.1) is 0 Å². The van der Waals surface area contributed by atoms with Crippen LogP contribution in [0.3, 0.4) is 0 Å². The van der Waals surface area contributed by atoms with Crippen molar-refractivity contribution in [3.63, 3.8) is 0 Å². The first-order chi connectivity index (χ1) is 10.1. The number of hydrogen-bond acceptors (Lipinski definition) is 3. The molecular weight excluding hydrogens is 282 g/mol. The minimum atomic E-state index is -0.0996. The highest BCUT2D eigenvalue weighted by atomic mass is 32.2. The first-order valence-corrected chi connectivity index (χ1v) is 8.03. The predicted molar refractivity (Wildman–Crippen MR) is 88.4 cm³/mol. The average Bonchev–Trinajstić information content (AvgIpc) is 2.48. The van der Waals surface area contributed by atoms with Gasteiger partial charge in [-0.1, -0.05) is 12.1 Å². The van der Waals surface area contributed by atoms with Gasteiger partial charge >= 0.3 is 0 Å². The molecule has 0 fully saturated rings. The standard InChI is InChI=1S/C17H19NO2S/c1-12(2)20-14-10-8-13(9-11-14)18-17(19)15-6-4-5-7-16(15)21-3/h4-12H,1-3H3,(H,18,19). The van der Waals surface area contributed by atoms with Gasteiger partial charge in [-0.05, 0) is 56.5 Å². The van der Waals surface area contributed by atoms with Crippen LogP contribution in [0.5, 0.6) is 5.75 Å². The van der Waals surface area contributed by atoms with E-state index in [2.05, 4.69) is 5.32 Å². The Morgan fingerprint density at radius 1 is 1.10 bits per heavy atom. The van der Waals surface area contributed by atoms with Gasteiger partial charge in [0.1, 0.15) is 5.75 Å². The Bertz CT molecular complexity index is 608. The highest BCUT2D eigenvalue weighted by Gasteiger charge is 2.10. The fraction of sp³-hybridized carbons (Fsp3) is 0.235. The highest BCUT2D eigenvalue weighted by Crippen LogP contribution is 2.22. The highest BCUT2D eigenvalue weighted by molar-refractivity contribution is 7.98. The third-order valence-corrected chi connectivity index (χ3v) is 3.63. The molecule has 1 amide bonds. The predicted octanol–water partition coefficient (Wildman–Crippen LogP) is 4.45. The summed E-state index contributed by atoms with van der Waals surface area (Å²) < 4.78 is 5.58. The molecule has 1 N–H and O–H groups in total. The summed E-state index contributed by atoms with van der Waals surface area (Å²) >= 11 is 1.56. The van der Waals surface area contributed by atoms with E-state index in [-0.39, 0.29) is 12.0 Å². The maximum atomic E-state index is 12.3. The lowest BCUT2D eigenvalue weighted by molar-refractivity contribution is 0.102. The second-order valence-electron chi connectivity index (χ2n) is 4.85. The molecule has 0 aliphatic carbocycles. The second-order valence-corrected chi connectivity index (χ2v) is 5.69. The van der Waals surface area contributed by atoms with Crippen LogP contribution in [-0.2, 0) is 0 Å². The lowest BCUT2D eigenvalue weighted by Crippen LogP contribution is -2.13. The third-order valence-electron chi connectivity index (χ3n) is 2.84. The van der Waals surface area contributed by atoms with Gasteiger partial charge in [0.05, 0.1) is 11.7 Å². The monoisotopic (exact) mass is 301 g/mol. The van der Waals surface area contributed by atoms with Crippen LogP contribution >= 0.6 is 11.8 Å². The van der Waals surface area contributed by atoms with Crippen molar-refractivity contribution in [2.24, 2.45) is 0 Å². The largest absolute Gasteiger partial charge is 0.491 e. The van der Waals surface area contributed by atoms with Gasteiger partial charge in [0, 0.05) is 10.6 Å². The van der Waals surface area contributed by atoms with Gasteiger partial charge in [-0.15, -0.1) is 11.8 Å². The Labute approximate surface area is 129 Å². The van der Waals surface area contributed by atoms with Gasteiger partial charge in [-0.2, -0.15) is 0 Å². The second kappa shape index (κ2) is 7.18. The summed E-state index contributed by atoms with van der Waals surface area (Å²) in [5, 5.41) is 2.91. The molecule has 0 heterocycles. The van der Waals surface area contributed by atoms with Gasteiger partial charge in [0.15, 0.2) is 0 Å². The molecule has 0 aliphatic rings. The Hall–Kier alpha value is -1.94. The summed E-state index contributed by atoms with van der Waals surface area (Å²) in [6.07, 6.45) is 2.10. The van der Waals surface area contributed by atoms with Crippen LogP contribution in [0.15, 0.2) is 53.4 Å². The number of carbonyl (C=O) groups is 1. The summed E-state index contributed by atoms with van der Waals surface area (Å²) in [4.78, 5) is 13.3. The number of amides is 1. The SMILES string of the molecule is CSc1ccccc1C(=O)Nc1ccc(OC(C)C)cc1. The molecule has 0 unspecified atom stereocenters. The van der Waals surface area contributed by atoms with E-state index in [1.54, 1.807) is 11.8 Å². The molecule has 4 heteroatoms. The van der Waals surface area contributed by atoms with Crippen molar-refractivity contribution in [3.8, 4) is 5.75 Å². The molecule has 0 aromatic heterocycles. The van der Waals surface area contributed by atoms with Crippen LogP contribution in [0.25, 0.3) is 0 Å². The van der Waals surface area contributed by atoms with Crippen molar-refractivity contribution in [1.29, 1.82) is 0 Å². The molecule has 0 spiro atoms. The fourth-order valence-electron chi connectivity index (χ4n) is 1.92. The number of ether oxygens (including phenoxy) is 1.